The van der Waals surface area contributed by atoms with E-state index < -0.39 is 0 Å². The van der Waals surface area contributed by atoms with Crippen LogP contribution < -0.4 is 10.6 Å². The molecule has 2 amide bonds. The van der Waals surface area contributed by atoms with Gasteiger partial charge in [0.1, 0.15) is 0 Å². The third-order valence-electron chi connectivity index (χ3n) is 3.33. The molecule has 0 unspecified atom stereocenters. The van der Waals surface area contributed by atoms with Gasteiger partial charge in [-0.05, 0) is 66.5 Å². The van der Waals surface area contributed by atoms with Crippen molar-refractivity contribution >= 4 is 45.8 Å². The summed E-state index contributed by atoms with van der Waals surface area (Å²) in [6.07, 6.45) is 3.95. The molecule has 0 heterocycles. The van der Waals surface area contributed by atoms with Gasteiger partial charge >= 0.3 is 0 Å². The number of anilines is 2. The Morgan fingerprint density at radius 1 is 0.895 bits per heavy atom. The lowest BCUT2D eigenvalue weighted by Gasteiger charge is -2.09. The maximum absolute atomic E-state index is 11.7. The fourth-order valence-corrected chi connectivity index (χ4v) is 2.58. The van der Waals surface area contributed by atoms with Crippen LogP contribution in [0.1, 0.15) is 25.7 Å². The molecule has 19 heavy (non-hydrogen) atoms. The van der Waals surface area contributed by atoms with Crippen LogP contribution in [0.2, 0.25) is 0 Å². The van der Waals surface area contributed by atoms with Crippen molar-refractivity contribution in [3.8, 4) is 0 Å². The second kappa shape index (κ2) is 5.11. The van der Waals surface area contributed by atoms with Gasteiger partial charge in [-0.3, -0.25) is 9.59 Å². The standard InChI is InChI=1S/C14H15IN2O2/c15-10-5-11(16-13(18)8-1-2-8)7-12(6-10)17-14(19)9-3-4-9/h5-9H,1-4H2,(H,16,18)(H,17,19). The van der Waals surface area contributed by atoms with E-state index >= 15 is 0 Å². The predicted octanol–water partition coefficient (Wildman–Crippen LogP) is 2.99. The molecule has 0 radical (unpaired) electrons. The van der Waals surface area contributed by atoms with Crippen LogP contribution in [0.4, 0.5) is 11.4 Å². The fourth-order valence-electron chi connectivity index (χ4n) is 1.91. The van der Waals surface area contributed by atoms with Gasteiger partial charge in [0.2, 0.25) is 11.8 Å². The molecule has 1 aromatic rings. The van der Waals surface area contributed by atoms with E-state index in [0.29, 0.717) is 0 Å². The molecular weight excluding hydrogens is 355 g/mol. The number of amides is 2. The molecular formula is C14H15IN2O2. The number of halogens is 1. The highest BCUT2D eigenvalue weighted by molar-refractivity contribution is 14.1. The maximum Gasteiger partial charge on any atom is 0.227 e. The van der Waals surface area contributed by atoms with E-state index in [1.54, 1.807) is 0 Å². The Labute approximate surface area is 125 Å². The van der Waals surface area contributed by atoms with E-state index in [2.05, 4.69) is 33.2 Å². The van der Waals surface area contributed by atoms with E-state index in [1.165, 1.54) is 0 Å². The van der Waals surface area contributed by atoms with Gasteiger partial charge in [0, 0.05) is 26.8 Å². The summed E-state index contributed by atoms with van der Waals surface area (Å²) in [5.41, 5.74) is 1.52. The fraction of sp³-hybridized carbons (Fsp3) is 0.429. The zero-order valence-electron chi connectivity index (χ0n) is 10.4. The molecule has 0 bridgehead atoms. The Hall–Kier alpha value is -1.11. The van der Waals surface area contributed by atoms with Crippen molar-refractivity contribution < 1.29 is 9.59 Å². The molecule has 5 heteroatoms. The smallest absolute Gasteiger partial charge is 0.227 e. The summed E-state index contributed by atoms with van der Waals surface area (Å²) in [4.78, 5) is 23.5. The van der Waals surface area contributed by atoms with E-state index in [0.717, 1.165) is 40.6 Å². The van der Waals surface area contributed by atoms with E-state index in [-0.39, 0.29) is 23.7 Å². The summed E-state index contributed by atoms with van der Waals surface area (Å²) < 4.78 is 0.997. The molecule has 0 aromatic heterocycles. The van der Waals surface area contributed by atoms with Gasteiger partial charge in [-0.1, -0.05) is 0 Å². The Kier molecular flexibility index (Phi) is 3.47. The van der Waals surface area contributed by atoms with Crippen molar-refractivity contribution in [2.45, 2.75) is 25.7 Å². The molecule has 0 atom stereocenters. The number of benzene rings is 1. The van der Waals surface area contributed by atoms with Gasteiger partial charge in [0.15, 0.2) is 0 Å². The molecule has 0 saturated heterocycles. The Morgan fingerprint density at radius 3 is 1.68 bits per heavy atom. The number of rotatable bonds is 4. The van der Waals surface area contributed by atoms with E-state index in [1.807, 2.05) is 18.2 Å². The summed E-state index contributed by atoms with van der Waals surface area (Å²) in [6.45, 7) is 0. The van der Waals surface area contributed by atoms with Crippen LogP contribution in [0, 0.1) is 15.4 Å². The molecule has 2 fully saturated rings. The van der Waals surface area contributed by atoms with E-state index in [4.69, 9.17) is 0 Å². The zero-order chi connectivity index (χ0) is 13.4. The summed E-state index contributed by atoms with van der Waals surface area (Å²) in [5, 5.41) is 5.82. The summed E-state index contributed by atoms with van der Waals surface area (Å²) in [7, 11) is 0. The molecule has 4 nitrogen and oxygen atoms in total. The highest BCUT2D eigenvalue weighted by atomic mass is 127. The topological polar surface area (TPSA) is 58.2 Å². The van der Waals surface area contributed by atoms with Crippen molar-refractivity contribution in [2.75, 3.05) is 10.6 Å². The second-order valence-electron chi connectivity index (χ2n) is 5.26. The highest BCUT2D eigenvalue weighted by Gasteiger charge is 2.30. The normalized spacial score (nSPS) is 17.9. The number of carbonyl (C=O) groups excluding carboxylic acids is 2. The highest BCUT2D eigenvalue weighted by Crippen LogP contribution is 2.32. The predicted molar refractivity (Wildman–Crippen MR) is 81.9 cm³/mol. The average Bonchev–Trinajstić information content (AvgIpc) is 3.19. The quantitative estimate of drug-likeness (QED) is 0.801. The molecule has 2 aliphatic carbocycles. The third-order valence-corrected chi connectivity index (χ3v) is 3.95. The van der Waals surface area contributed by atoms with E-state index in [9.17, 15) is 9.59 Å². The van der Waals surface area contributed by atoms with Crippen LogP contribution in [0.15, 0.2) is 18.2 Å². The minimum Gasteiger partial charge on any atom is -0.326 e. The Balaban J connectivity index is 1.70. The molecule has 2 saturated carbocycles. The lowest BCUT2D eigenvalue weighted by molar-refractivity contribution is -0.118. The van der Waals surface area contributed by atoms with Crippen LogP contribution in [-0.4, -0.2) is 11.8 Å². The molecule has 3 rings (SSSR count). The van der Waals surface area contributed by atoms with Crippen LogP contribution in [0.3, 0.4) is 0 Å². The Morgan fingerprint density at radius 2 is 1.32 bits per heavy atom. The van der Waals surface area contributed by atoms with Gasteiger partial charge in [-0.2, -0.15) is 0 Å². The van der Waals surface area contributed by atoms with Crippen LogP contribution >= 0.6 is 22.6 Å². The van der Waals surface area contributed by atoms with Crippen molar-refractivity contribution in [1.29, 1.82) is 0 Å². The first kappa shape index (κ1) is 12.9. The molecule has 2 N–H and O–H groups in total. The summed E-state index contributed by atoms with van der Waals surface area (Å²) in [5.74, 6) is 0.535. The first-order valence-electron chi connectivity index (χ1n) is 6.54. The monoisotopic (exact) mass is 370 g/mol. The second-order valence-corrected chi connectivity index (χ2v) is 6.50. The van der Waals surface area contributed by atoms with Gasteiger partial charge in [0.05, 0.1) is 0 Å². The van der Waals surface area contributed by atoms with Gasteiger partial charge in [-0.15, -0.1) is 0 Å². The van der Waals surface area contributed by atoms with Gasteiger partial charge < -0.3 is 10.6 Å². The van der Waals surface area contributed by atoms with Gasteiger partial charge in [-0.25, -0.2) is 0 Å². The summed E-state index contributed by atoms with van der Waals surface area (Å²) >= 11 is 2.19. The minimum absolute atomic E-state index is 0.0847. The lowest BCUT2D eigenvalue weighted by atomic mass is 10.2. The molecule has 0 aliphatic heterocycles. The van der Waals surface area contributed by atoms with Crippen LogP contribution in [0.5, 0.6) is 0 Å². The zero-order valence-corrected chi connectivity index (χ0v) is 12.6. The molecule has 1 aromatic carbocycles. The lowest BCUT2D eigenvalue weighted by Crippen LogP contribution is -2.15. The summed E-state index contributed by atoms with van der Waals surface area (Å²) in [6, 6.07) is 5.64. The first-order chi connectivity index (χ1) is 9.11. The molecule has 0 spiro atoms. The van der Waals surface area contributed by atoms with Crippen molar-refractivity contribution in [3.63, 3.8) is 0 Å². The number of hydrogen-bond donors (Lipinski definition) is 2. The number of nitrogens with one attached hydrogen (secondary N) is 2. The third kappa shape index (κ3) is 3.46. The Bertz CT molecular complexity index is 492. The van der Waals surface area contributed by atoms with Crippen molar-refractivity contribution in [3.05, 3.63) is 21.8 Å². The number of carbonyl (C=O) groups is 2. The van der Waals surface area contributed by atoms with Crippen molar-refractivity contribution in [1.82, 2.24) is 0 Å². The van der Waals surface area contributed by atoms with Crippen molar-refractivity contribution in [2.24, 2.45) is 11.8 Å². The first-order valence-corrected chi connectivity index (χ1v) is 7.62. The molecule has 100 valence electrons. The largest absolute Gasteiger partial charge is 0.326 e. The SMILES string of the molecule is O=C(Nc1cc(I)cc(NC(=O)C2CC2)c1)C1CC1. The molecule has 2 aliphatic rings. The van der Waals surface area contributed by atoms with Crippen LogP contribution in [-0.2, 0) is 9.59 Å². The van der Waals surface area contributed by atoms with Crippen LogP contribution in [0.25, 0.3) is 0 Å². The maximum atomic E-state index is 11.7. The number of hydrogen-bond acceptors (Lipinski definition) is 2. The average molecular weight is 370 g/mol. The van der Waals surface area contributed by atoms with Gasteiger partial charge in [0.25, 0.3) is 0 Å². The minimum atomic E-state index is 0.0847.